The Balaban J connectivity index is 1.41. The van der Waals surface area contributed by atoms with Gasteiger partial charge in [-0.2, -0.15) is 0 Å². The maximum atomic E-state index is 12.4. The topological polar surface area (TPSA) is 116 Å². The zero-order valence-corrected chi connectivity index (χ0v) is 22.2. The molecule has 0 fully saturated rings. The highest BCUT2D eigenvalue weighted by Crippen LogP contribution is 2.32. The fraction of sp³-hybridized carbons (Fsp3) is 0.0645. The molecule has 0 unspecified atom stereocenters. The van der Waals surface area contributed by atoms with Gasteiger partial charge in [-0.15, -0.1) is 0 Å². The van der Waals surface area contributed by atoms with Crippen molar-refractivity contribution in [2.45, 2.75) is 6.54 Å². The van der Waals surface area contributed by atoms with Crippen LogP contribution in [0.1, 0.15) is 27.0 Å². The Morgan fingerprint density at radius 2 is 1.70 bits per heavy atom. The first kappa shape index (κ1) is 26.5. The maximum absolute atomic E-state index is 12.4. The summed E-state index contributed by atoms with van der Waals surface area (Å²) in [5.74, 6) is -0.546. The second-order valence-corrected chi connectivity index (χ2v) is 9.35. The van der Waals surface area contributed by atoms with Crippen molar-refractivity contribution in [3.63, 3.8) is 0 Å². The lowest BCUT2D eigenvalue weighted by Crippen LogP contribution is -2.28. The predicted octanol–water partition coefficient (Wildman–Crippen LogP) is 6.80. The largest absolute Gasteiger partial charge is 0.494 e. The predicted molar refractivity (Wildman–Crippen MR) is 157 cm³/mol. The van der Waals surface area contributed by atoms with E-state index in [1.54, 1.807) is 54.6 Å². The van der Waals surface area contributed by atoms with Crippen LogP contribution in [0, 0.1) is 0 Å². The zero-order valence-electron chi connectivity index (χ0n) is 21.4. The number of methoxy groups -OCH3 is 1. The summed E-state index contributed by atoms with van der Waals surface area (Å²) in [6.45, 7) is 0.338. The van der Waals surface area contributed by atoms with Crippen LogP contribution in [0.15, 0.2) is 102 Å². The van der Waals surface area contributed by atoms with Crippen LogP contribution in [-0.2, 0) is 11.3 Å². The number of hydrogen-bond donors (Lipinski definition) is 4. The average molecular weight is 553 g/mol. The monoisotopic (exact) mass is 552 g/mol. The van der Waals surface area contributed by atoms with Gasteiger partial charge in [0.1, 0.15) is 0 Å². The summed E-state index contributed by atoms with van der Waals surface area (Å²) >= 11 is 6.00. The molecule has 1 heterocycles. The van der Waals surface area contributed by atoms with Crippen LogP contribution in [0.3, 0.4) is 0 Å². The van der Waals surface area contributed by atoms with Gasteiger partial charge in [-0.25, -0.2) is 14.6 Å². The summed E-state index contributed by atoms with van der Waals surface area (Å²) in [6, 6.07) is 28.5. The number of carbonyl (C=O) groups excluding carboxylic acids is 2. The molecule has 0 saturated carbocycles. The van der Waals surface area contributed by atoms with Crippen molar-refractivity contribution in [3.8, 4) is 5.88 Å². The SMILES string of the molecule is COC(=O)c1ccc2c(C(=Nc3ccc(NC(=O)NCc4cccc(Cl)c4)cc3)c3ccccc3)c(O)[nH]c2c1. The summed E-state index contributed by atoms with van der Waals surface area (Å²) < 4.78 is 4.82. The summed E-state index contributed by atoms with van der Waals surface area (Å²) in [4.78, 5) is 32.2. The number of ether oxygens (including phenoxy) is 1. The summed E-state index contributed by atoms with van der Waals surface area (Å²) in [7, 11) is 1.32. The molecule has 0 atom stereocenters. The van der Waals surface area contributed by atoms with E-state index >= 15 is 0 Å². The number of aromatic nitrogens is 1. The van der Waals surface area contributed by atoms with E-state index < -0.39 is 5.97 Å². The van der Waals surface area contributed by atoms with Crippen LogP contribution in [0.4, 0.5) is 16.2 Å². The summed E-state index contributed by atoms with van der Waals surface area (Å²) in [5.41, 5.74) is 4.86. The minimum absolute atomic E-state index is 0.0747. The van der Waals surface area contributed by atoms with Crippen LogP contribution in [0.25, 0.3) is 10.9 Å². The first-order valence-electron chi connectivity index (χ1n) is 12.4. The molecule has 200 valence electrons. The van der Waals surface area contributed by atoms with Gasteiger partial charge in [-0.1, -0.05) is 60.1 Å². The molecule has 4 aromatic carbocycles. The van der Waals surface area contributed by atoms with E-state index in [0.717, 1.165) is 11.1 Å². The number of hydrogen-bond acceptors (Lipinski definition) is 5. The molecule has 0 saturated heterocycles. The standard InChI is InChI=1S/C31H25ClN4O4/c1-40-30(38)21-10-15-25-26(17-21)36-29(37)27(25)28(20-7-3-2-4-8-20)34-23-11-13-24(14-12-23)35-31(39)33-18-19-6-5-9-22(32)16-19/h2-17,36-37H,18H2,1H3,(H2,33,35,39). The zero-order chi connectivity index (χ0) is 28.1. The molecule has 0 radical (unpaired) electrons. The molecule has 2 amide bonds. The molecule has 5 rings (SSSR count). The first-order chi connectivity index (χ1) is 19.4. The van der Waals surface area contributed by atoms with Gasteiger partial charge in [-0.05, 0) is 54.1 Å². The Kier molecular flexibility index (Phi) is 7.80. The molecular weight excluding hydrogens is 528 g/mol. The smallest absolute Gasteiger partial charge is 0.337 e. The fourth-order valence-corrected chi connectivity index (χ4v) is 4.49. The van der Waals surface area contributed by atoms with Crippen LogP contribution < -0.4 is 10.6 Å². The van der Waals surface area contributed by atoms with E-state index in [4.69, 9.17) is 21.3 Å². The number of rotatable bonds is 7. The molecular formula is C31H25ClN4O4. The van der Waals surface area contributed by atoms with Crippen molar-refractivity contribution in [2.24, 2.45) is 4.99 Å². The third-order valence-corrected chi connectivity index (χ3v) is 6.43. The van der Waals surface area contributed by atoms with Crippen molar-refractivity contribution < 1.29 is 19.4 Å². The van der Waals surface area contributed by atoms with Gasteiger partial charge in [0.15, 0.2) is 5.88 Å². The Hall–Kier alpha value is -5.08. The van der Waals surface area contributed by atoms with E-state index in [1.165, 1.54) is 7.11 Å². The lowest BCUT2D eigenvalue weighted by atomic mass is 10.00. The van der Waals surface area contributed by atoms with E-state index in [1.807, 2.05) is 42.5 Å². The summed E-state index contributed by atoms with van der Waals surface area (Å²) in [5, 5.41) is 17.8. The highest BCUT2D eigenvalue weighted by Gasteiger charge is 2.20. The van der Waals surface area contributed by atoms with Crippen molar-refractivity contribution in [1.82, 2.24) is 10.3 Å². The van der Waals surface area contributed by atoms with E-state index in [2.05, 4.69) is 15.6 Å². The van der Waals surface area contributed by atoms with E-state index in [-0.39, 0.29) is 11.9 Å². The van der Waals surface area contributed by atoms with Gasteiger partial charge >= 0.3 is 12.0 Å². The second kappa shape index (κ2) is 11.8. The Labute approximate surface area is 235 Å². The van der Waals surface area contributed by atoms with Crippen molar-refractivity contribution in [2.75, 3.05) is 12.4 Å². The molecule has 5 aromatic rings. The molecule has 8 nitrogen and oxygen atoms in total. The van der Waals surface area contributed by atoms with Crippen LogP contribution in [-0.4, -0.2) is 34.9 Å². The number of benzene rings is 4. The number of nitrogens with one attached hydrogen (secondary N) is 3. The van der Waals surface area contributed by atoms with Gasteiger partial charge in [0.2, 0.25) is 0 Å². The van der Waals surface area contributed by atoms with Gasteiger partial charge in [0.05, 0.1) is 29.6 Å². The number of aromatic hydroxyl groups is 1. The van der Waals surface area contributed by atoms with Crippen LogP contribution >= 0.6 is 11.6 Å². The number of esters is 1. The maximum Gasteiger partial charge on any atom is 0.337 e. The number of aliphatic imine (C=N–C) groups is 1. The minimum atomic E-state index is -0.471. The quantitative estimate of drug-likeness (QED) is 0.131. The Morgan fingerprint density at radius 3 is 2.42 bits per heavy atom. The lowest BCUT2D eigenvalue weighted by molar-refractivity contribution is 0.0601. The number of amides is 2. The molecule has 0 bridgehead atoms. The molecule has 0 aliphatic heterocycles. The number of carbonyl (C=O) groups is 2. The second-order valence-electron chi connectivity index (χ2n) is 8.91. The molecule has 9 heteroatoms. The molecule has 0 aliphatic rings. The number of H-pyrrole nitrogens is 1. The number of fused-ring (bicyclic) bond motifs is 1. The normalized spacial score (nSPS) is 11.3. The first-order valence-corrected chi connectivity index (χ1v) is 12.8. The number of urea groups is 1. The average Bonchev–Trinajstić information content (AvgIpc) is 3.30. The van der Waals surface area contributed by atoms with Gasteiger partial charge in [0, 0.05) is 33.7 Å². The van der Waals surface area contributed by atoms with Crippen LogP contribution in [0.5, 0.6) is 5.88 Å². The van der Waals surface area contributed by atoms with Crippen molar-refractivity contribution in [1.29, 1.82) is 0 Å². The third kappa shape index (κ3) is 5.98. The molecule has 40 heavy (non-hydrogen) atoms. The highest BCUT2D eigenvalue weighted by molar-refractivity contribution is 6.30. The number of anilines is 1. The van der Waals surface area contributed by atoms with Gasteiger partial charge in [0.25, 0.3) is 0 Å². The van der Waals surface area contributed by atoms with E-state index in [9.17, 15) is 14.7 Å². The van der Waals surface area contributed by atoms with Crippen LogP contribution in [0.2, 0.25) is 5.02 Å². The third-order valence-electron chi connectivity index (χ3n) is 6.19. The van der Waals surface area contributed by atoms with Crippen molar-refractivity contribution >= 4 is 51.6 Å². The fourth-order valence-electron chi connectivity index (χ4n) is 4.28. The van der Waals surface area contributed by atoms with Crippen molar-refractivity contribution in [3.05, 3.63) is 124 Å². The molecule has 0 aliphatic carbocycles. The van der Waals surface area contributed by atoms with Gasteiger partial charge < -0.3 is 25.5 Å². The number of aromatic amines is 1. The number of nitrogens with zero attached hydrogens (tertiary/aromatic N) is 1. The summed E-state index contributed by atoms with van der Waals surface area (Å²) in [6.07, 6.45) is 0. The van der Waals surface area contributed by atoms with E-state index in [0.29, 0.717) is 50.7 Å². The number of halogens is 1. The van der Waals surface area contributed by atoms with Gasteiger partial charge in [-0.3, -0.25) is 0 Å². The lowest BCUT2D eigenvalue weighted by Gasteiger charge is -2.10. The molecule has 0 spiro atoms. The molecule has 4 N–H and O–H groups in total. The Morgan fingerprint density at radius 1 is 0.925 bits per heavy atom. The molecule has 1 aromatic heterocycles. The highest BCUT2D eigenvalue weighted by atomic mass is 35.5. The Bertz CT molecular complexity index is 1710. The minimum Gasteiger partial charge on any atom is -0.494 e.